The molecule has 0 saturated heterocycles. The molecular formula is C16H11F5O3S. The Labute approximate surface area is 143 Å². The molecule has 0 unspecified atom stereocenters. The maximum atomic E-state index is 13.4. The van der Waals surface area contributed by atoms with Crippen LogP contribution in [0.25, 0.3) is 0 Å². The lowest BCUT2D eigenvalue weighted by Crippen LogP contribution is -2.14. The Morgan fingerprint density at radius 1 is 0.880 bits per heavy atom. The van der Waals surface area contributed by atoms with Crippen LogP contribution in [0.5, 0.6) is 5.75 Å². The van der Waals surface area contributed by atoms with Crippen molar-refractivity contribution < 1.29 is 36.2 Å². The Hall–Kier alpha value is -2.29. The third-order valence-corrected chi connectivity index (χ3v) is 3.80. The highest BCUT2D eigenvalue weighted by Crippen LogP contribution is 2.29. The first-order chi connectivity index (χ1) is 11.9. The summed E-state index contributed by atoms with van der Waals surface area (Å²) in [5, 5.41) is 0. The van der Waals surface area contributed by atoms with Gasteiger partial charge in [-0.25, -0.2) is 18.0 Å². The molecule has 0 N–H and O–H groups in total. The summed E-state index contributed by atoms with van der Waals surface area (Å²) in [7, 11) is 0. The fourth-order valence-corrected chi connectivity index (χ4v) is 2.21. The Balaban J connectivity index is 1.94. The third-order valence-electron chi connectivity index (χ3n) is 3.06. The van der Waals surface area contributed by atoms with Gasteiger partial charge in [0.1, 0.15) is 13.2 Å². The molecule has 2 rings (SSSR count). The van der Waals surface area contributed by atoms with Crippen LogP contribution in [0.4, 0.5) is 22.0 Å². The van der Waals surface area contributed by atoms with Gasteiger partial charge in [0.05, 0.1) is 5.56 Å². The number of thioether (sulfide) groups is 1. The highest BCUT2D eigenvalue weighted by Gasteiger charge is 2.27. The molecule has 0 saturated carbocycles. The molecule has 0 bridgehead atoms. The second-order valence-corrected chi connectivity index (χ2v) is 5.49. The lowest BCUT2D eigenvalue weighted by atomic mass is 10.2. The molecule has 0 aromatic heterocycles. The molecule has 2 aromatic carbocycles. The van der Waals surface area contributed by atoms with Crippen molar-refractivity contribution in [3.63, 3.8) is 0 Å². The van der Waals surface area contributed by atoms with Crippen LogP contribution in [-0.4, -0.2) is 25.4 Å². The normalized spacial score (nSPS) is 10.6. The van der Waals surface area contributed by atoms with Gasteiger partial charge in [-0.1, -0.05) is 0 Å². The number of ether oxygens (including phenoxy) is 2. The molecule has 25 heavy (non-hydrogen) atoms. The maximum absolute atomic E-state index is 13.4. The Morgan fingerprint density at radius 2 is 1.40 bits per heavy atom. The van der Waals surface area contributed by atoms with Crippen molar-refractivity contribution in [2.75, 3.05) is 19.5 Å². The second kappa shape index (κ2) is 8.19. The van der Waals surface area contributed by atoms with Crippen molar-refractivity contribution >= 4 is 17.7 Å². The monoisotopic (exact) mass is 378 g/mol. The number of esters is 1. The molecule has 3 nitrogen and oxygen atoms in total. The van der Waals surface area contributed by atoms with Crippen LogP contribution in [-0.2, 0) is 4.74 Å². The molecule has 0 aliphatic heterocycles. The zero-order valence-corrected chi connectivity index (χ0v) is 13.6. The first kappa shape index (κ1) is 19.0. The van der Waals surface area contributed by atoms with E-state index >= 15 is 0 Å². The first-order valence-electron chi connectivity index (χ1n) is 6.82. The molecule has 9 heteroatoms. The molecule has 0 amide bonds. The van der Waals surface area contributed by atoms with E-state index in [1.54, 1.807) is 12.1 Å². The molecular weight excluding hydrogens is 367 g/mol. The minimum absolute atomic E-state index is 0.244. The lowest BCUT2D eigenvalue weighted by Gasteiger charge is -2.10. The zero-order valence-electron chi connectivity index (χ0n) is 12.7. The average Bonchev–Trinajstić information content (AvgIpc) is 2.64. The van der Waals surface area contributed by atoms with Crippen LogP contribution >= 0.6 is 11.8 Å². The fraction of sp³-hybridized carbons (Fsp3) is 0.188. The van der Waals surface area contributed by atoms with Gasteiger partial charge in [0, 0.05) is 4.90 Å². The minimum atomic E-state index is -2.28. The van der Waals surface area contributed by atoms with E-state index in [0.29, 0.717) is 0 Å². The van der Waals surface area contributed by atoms with Crippen molar-refractivity contribution in [2.45, 2.75) is 4.90 Å². The Morgan fingerprint density at radius 3 is 1.92 bits per heavy atom. The molecule has 0 heterocycles. The van der Waals surface area contributed by atoms with Gasteiger partial charge < -0.3 is 9.47 Å². The number of hydrogen-bond acceptors (Lipinski definition) is 4. The number of benzene rings is 2. The number of carbonyl (C=O) groups is 1. The van der Waals surface area contributed by atoms with E-state index in [4.69, 9.17) is 4.74 Å². The molecule has 0 fully saturated rings. The number of hydrogen-bond donors (Lipinski definition) is 0. The summed E-state index contributed by atoms with van der Waals surface area (Å²) >= 11 is 1.48. The van der Waals surface area contributed by atoms with Crippen LogP contribution in [0, 0.1) is 29.1 Å². The van der Waals surface area contributed by atoms with Crippen LogP contribution in [0.15, 0.2) is 29.2 Å². The van der Waals surface area contributed by atoms with Gasteiger partial charge in [-0.15, -0.1) is 11.8 Å². The summed E-state index contributed by atoms with van der Waals surface area (Å²) in [5.74, 6) is -12.8. The predicted molar refractivity (Wildman–Crippen MR) is 80.2 cm³/mol. The van der Waals surface area contributed by atoms with E-state index in [2.05, 4.69) is 4.74 Å². The van der Waals surface area contributed by atoms with Crippen LogP contribution < -0.4 is 4.74 Å². The molecule has 0 radical (unpaired) electrons. The number of halogens is 5. The number of carbonyl (C=O) groups excluding carboxylic acids is 1. The molecule has 134 valence electrons. The first-order valence-corrected chi connectivity index (χ1v) is 8.04. The van der Waals surface area contributed by atoms with E-state index in [-0.39, 0.29) is 5.56 Å². The van der Waals surface area contributed by atoms with Crippen molar-refractivity contribution in [3.8, 4) is 5.75 Å². The molecule has 0 aliphatic carbocycles. The quantitative estimate of drug-likeness (QED) is 0.187. The Kier molecular flexibility index (Phi) is 6.24. The van der Waals surface area contributed by atoms with Crippen LogP contribution in [0.1, 0.15) is 10.4 Å². The van der Waals surface area contributed by atoms with E-state index in [1.165, 1.54) is 23.9 Å². The van der Waals surface area contributed by atoms with Crippen molar-refractivity contribution in [2.24, 2.45) is 0 Å². The van der Waals surface area contributed by atoms with Gasteiger partial charge in [0.25, 0.3) is 0 Å². The second-order valence-electron chi connectivity index (χ2n) is 4.61. The summed E-state index contributed by atoms with van der Waals surface area (Å²) in [6.45, 7) is -1.03. The van der Waals surface area contributed by atoms with Crippen molar-refractivity contribution in [1.82, 2.24) is 0 Å². The van der Waals surface area contributed by atoms with Crippen LogP contribution in [0.3, 0.4) is 0 Å². The number of rotatable bonds is 6. The predicted octanol–water partition coefficient (Wildman–Crippen LogP) is 4.34. The average molecular weight is 378 g/mol. The highest BCUT2D eigenvalue weighted by molar-refractivity contribution is 7.98. The van der Waals surface area contributed by atoms with Gasteiger partial charge in [0.15, 0.2) is 5.75 Å². The summed E-state index contributed by atoms with van der Waals surface area (Å²) in [5.41, 5.74) is 0.244. The van der Waals surface area contributed by atoms with Crippen LogP contribution in [0.2, 0.25) is 0 Å². The molecule has 0 spiro atoms. The van der Waals surface area contributed by atoms with Gasteiger partial charge in [-0.05, 0) is 30.5 Å². The topological polar surface area (TPSA) is 35.5 Å². The summed E-state index contributed by atoms with van der Waals surface area (Å²) < 4.78 is 74.9. The summed E-state index contributed by atoms with van der Waals surface area (Å²) in [6.07, 6.45) is 1.87. The summed E-state index contributed by atoms with van der Waals surface area (Å²) in [4.78, 5) is 12.7. The minimum Gasteiger partial charge on any atom is -0.484 e. The highest BCUT2D eigenvalue weighted by atomic mass is 32.2. The standard InChI is InChI=1S/C16H11F5O3S/c1-25-9-4-2-8(3-5-9)16(22)24-7-6-23-15-13(20)11(18)10(17)12(19)14(15)21/h2-5H,6-7H2,1H3. The van der Waals surface area contributed by atoms with Crippen molar-refractivity contribution in [1.29, 1.82) is 0 Å². The van der Waals surface area contributed by atoms with E-state index in [0.717, 1.165) is 4.90 Å². The third kappa shape index (κ3) is 4.22. The molecule has 0 aliphatic rings. The molecule has 0 atom stereocenters. The fourth-order valence-electron chi connectivity index (χ4n) is 1.80. The largest absolute Gasteiger partial charge is 0.484 e. The van der Waals surface area contributed by atoms with Gasteiger partial charge in [-0.3, -0.25) is 0 Å². The molecule has 2 aromatic rings. The van der Waals surface area contributed by atoms with Gasteiger partial charge in [-0.2, -0.15) is 8.78 Å². The Bertz CT molecular complexity index is 751. The lowest BCUT2D eigenvalue weighted by molar-refractivity contribution is 0.0444. The smallest absolute Gasteiger partial charge is 0.338 e. The van der Waals surface area contributed by atoms with E-state index < -0.39 is 54.0 Å². The van der Waals surface area contributed by atoms with Crippen molar-refractivity contribution in [3.05, 3.63) is 58.9 Å². The zero-order chi connectivity index (χ0) is 18.6. The SMILES string of the molecule is CSc1ccc(C(=O)OCCOc2c(F)c(F)c(F)c(F)c2F)cc1. The van der Waals surface area contributed by atoms with Gasteiger partial charge >= 0.3 is 5.97 Å². The van der Waals surface area contributed by atoms with E-state index in [1.807, 2.05) is 6.26 Å². The summed E-state index contributed by atoms with van der Waals surface area (Å²) in [6, 6.07) is 6.46. The van der Waals surface area contributed by atoms with Gasteiger partial charge in [0.2, 0.25) is 29.1 Å². The maximum Gasteiger partial charge on any atom is 0.338 e. The van der Waals surface area contributed by atoms with E-state index in [9.17, 15) is 26.7 Å².